The zero-order chi connectivity index (χ0) is 11.1. The van der Waals surface area contributed by atoms with Crippen LogP contribution in [0.3, 0.4) is 0 Å². The molecule has 0 spiro atoms. The Bertz CT molecular complexity index is 325. The van der Waals surface area contributed by atoms with Crippen LogP contribution < -0.4 is 5.32 Å². The summed E-state index contributed by atoms with van der Waals surface area (Å²) in [6, 6.07) is 7.20. The average molecular weight is 209 g/mol. The molecule has 0 aliphatic carbocycles. The molecule has 15 heavy (non-hydrogen) atoms. The van der Waals surface area contributed by atoms with Crippen molar-refractivity contribution in [2.24, 2.45) is 0 Å². The second-order valence-corrected chi connectivity index (χ2v) is 3.09. The van der Waals surface area contributed by atoms with E-state index < -0.39 is 0 Å². The van der Waals surface area contributed by atoms with Crippen molar-refractivity contribution in [3.8, 4) is 0 Å². The average Bonchev–Trinajstić information content (AvgIpc) is 2.29. The molecule has 0 aliphatic heterocycles. The summed E-state index contributed by atoms with van der Waals surface area (Å²) in [5, 5.41) is 11.6. The summed E-state index contributed by atoms with van der Waals surface area (Å²) < 4.78 is 4.62. The van der Waals surface area contributed by atoms with Gasteiger partial charge in [0.2, 0.25) is 0 Å². The van der Waals surface area contributed by atoms with E-state index in [9.17, 15) is 4.79 Å². The second-order valence-electron chi connectivity index (χ2n) is 3.09. The molecule has 1 rings (SSSR count). The van der Waals surface area contributed by atoms with Gasteiger partial charge in [-0.2, -0.15) is 0 Å². The number of esters is 1. The first-order valence-corrected chi connectivity index (χ1v) is 4.76. The Labute approximate surface area is 88.9 Å². The van der Waals surface area contributed by atoms with E-state index >= 15 is 0 Å². The third kappa shape index (κ3) is 3.69. The maximum atomic E-state index is 11.2. The molecular formula is C11H15NO3. The third-order valence-electron chi connectivity index (χ3n) is 1.97. The van der Waals surface area contributed by atoms with E-state index in [0.717, 1.165) is 5.56 Å². The fourth-order valence-electron chi connectivity index (χ4n) is 1.24. The summed E-state index contributed by atoms with van der Waals surface area (Å²) in [7, 11) is 1.36. The van der Waals surface area contributed by atoms with Crippen LogP contribution in [0.25, 0.3) is 0 Å². The van der Waals surface area contributed by atoms with Gasteiger partial charge in [0, 0.05) is 13.1 Å². The van der Waals surface area contributed by atoms with Gasteiger partial charge in [0.1, 0.15) is 0 Å². The van der Waals surface area contributed by atoms with E-state index in [2.05, 4.69) is 10.1 Å². The maximum absolute atomic E-state index is 11.2. The Kier molecular flexibility index (Phi) is 4.80. The predicted molar refractivity (Wildman–Crippen MR) is 56.6 cm³/mol. The number of aliphatic hydroxyl groups excluding tert-OH is 1. The molecular weight excluding hydrogens is 194 g/mol. The third-order valence-corrected chi connectivity index (χ3v) is 1.97. The van der Waals surface area contributed by atoms with Crippen LogP contribution in [0.2, 0.25) is 0 Å². The number of nitrogens with one attached hydrogen (secondary N) is 1. The van der Waals surface area contributed by atoms with Gasteiger partial charge in [-0.1, -0.05) is 12.1 Å². The highest BCUT2D eigenvalue weighted by Crippen LogP contribution is 2.06. The fraction of sp³-hybridized carbons (Fsp3) is 0.364. The van der Waals surface area contributed by atoms with Crippen molar-refractivity contribution in [2.75, 3.05) is 20.3 Å². The Morgan fingerprint density at radius 3 is 3.00 bits per heavy atom. The van der Waals surface area contributed by atoms with Gasteiger partial charge in [-0.15, -0.1) is 0 Å². The van der Waals surface area contributed by atoms with Crippen LogP contribution in [0.1, 0.15) is 15.9 Å². The molecule has 82 valence electrons. The summed E-state index contributed by atoms with van der Waals surface area (Å²) in [6.07, 6.45) is 0. The summed E-state index contributed by atoms with van der Waals surface area (Å²) in [5.41, 5.74) is 1.53. The SMILES string of the molecule is COC(=O)c1cccc(CNCCO)c1. The van der Waals surface area contributed by atoms with E-state index in [1.807, 2.05) is 12.1 Å². The van der Waals surface area contributed by atoms with E-state index in [1.54, 1.807) is 12.1 Å². The first kappa shape index (κ1) is 11.7. The van der Waals surface area contributed by atoms with Gasteiger partial charge < -0.3 is 15.2 Å². The minimum atomic E-state index is -0.334. The van der Waals surface area contributed by atoms with Crippen molar-refractivity contribution in [1.82, 2.24) is 5.32 Å². The summed E-state index contributed by atoms with van der Waals surface area (Å²) >= 11 is 0. The molecule has 0 amide bonds. The molecule has 0 unspecified atom stereocenters. The lowest BCUT2D eigenvalue weighted by Gasteiger charge is -2.04. The predicted octanol–water partition coefficient (Wildman–Crippen LogP) is 0.555. The van der Waals surface area contributed by atoms with Crippen molar-refractivity contribution in [2.45, 2.75) is 6.54 Å². The van der Waals surface area contributed by atoms with Crippen LogP contribution in [0, 0.1) is 0 Å². The van der Waals surface area contributed by atoms with Gasteiger partial charge >= 0.3 is 5.97 Å². The Hall–Kier alpha value is -1.39. The maximum Gasteiger partial charge on any atom is 0.337 e. The number of hydrogen-bond donors (Lipinski definition) is 2. The largest absolute Gasteiger partial charge is 0.465 e. The van der Waals surface area contributed by atoms with Crippen molar-refractivity contribution >= 4 is 5.97 Å². The van der Waals surface area contributed by atoms with Crippen LogP contribution in [0.4, 0.5) is 0 Å². The first-order chi connectivity index (χ1) is 7.27. The van der Waals surface area contributed by atoms with Gasteiger partial charge in [-0.3, -0.25) is 0 Å². The first-order valence-electron chi connectivity index (χ1n) is 4.76. The number of hydrogen-bond acceptors (Lipinski definition) is 4. The highest BCUT2D eigenvalue weighted by molar-refractivity contribution is 5.89. The molecule has 4 heteroatoms. The molecule has 0 heterocycles. The molecule has 0 atom stereocenters. The van der Waals surface area contributed by atoms with Crippen molar-refractivity contribution < 1.29 is 14.6 Å². The van der Waals surface area contributed by atoms with Crippen molar-refractivity contribution in [1.29, 1.82) is 0 Å². The monoisotopic (exact) mass is 209 g/mol. The van der Waals surface area contributed by atoms with E-state index in [1.165, 1.54) is 7.11 Å². The molecule has 0 aliphatic rings. The minimum Gasteiger partial charge on any atom is -0.465 e. The lowest BCUT2D eigenvalue weighted by atomic mass is 10.1. The Morgan fingerprint density at radius 2 is 2.33 bits per heavy atom. The van der Waals surface area contributed by atoms with Gasteiger partial charge in [-0.05, 0) is 17.7 Å². The van der Waals surface area contributed by atoms with Gasteiger partial charge in [0.25, 0.3) is 0 Å². The standard InChI is InChI=1S/C11H15NO3/c1-15-11(14)10-4-2-3-9(7-10)8-12-5-6-13/h2-4,7,12-13H,5-6,8H2,1H3. The number of benzene rings is 1. The van der Waals surface area contributed by atoms with Crippen LogP contribution in [-0.2, 0) is 11.3 Å². The highest BCUT2D eigenvalue weighted by Gasteiger charge is 2.04. The number of rotatable bonds is 5. The lowest BCUT2D eigenvalue weighted by molar-refractivity contribution is 0.0600. The molecule has 1 aromatic rings. The van der Waals surface area contributed by atoms with E-state index in [0.29, 0.717) is 18.7 Å². The molecule has 0 bridgehead atoms. The molecule has 0 fully saturated rings. The smallest absolute Gasteiger partial charge is 0.337 e. The Balaban J connectivity index is 2.62. The summed E-state index contributed by atoms with van der Waals surface area (Å²) in [6.45, 7) is 1.28. The number of carbonyl (C=O) groups is 1. The zero-order valence-electron chi connectivity index (χ0n) is 8.69. The Morgan fingerprint density at radius 1 is 1.53 bits per heavy atom. The molecule has 2 N–H and O–H groups in total. The zero-order valence-corrected chi connectivity index (χ0v) is 8.69. The lowest BCUT2D eigenvalue weighted by Crippen LogP contribution is -2.17. The number of ether oxygens (including phenoxy) is 1. The number of methoxy groups -OCH3 is 1. The highest BCUT2D eigenvalue weighted by atomic mass is 16.5. The molecule has 1 aromatic carbocycles. The van der Waals surface area contributed by atoms with Crippen LogP contribution >= 0.6 is 0 Å². The van der Waals surface area contributed by atoms with Crippen molar-refractivity contribution in [3.05, 3.63) is 35.4 Å². The number of aliphatic hydroxyl groups is 1. The van der Waals surface area contributed by atoms with Gasteiger partial charge in [-0.25, -0.2) is 4.79 Å². The topological polar surface area (TPSA) is 58.6 Å². The van der Waals surface area contributed by atoms with Gasteiger partial charge in [0.05, 0.1) is 19.3 Å². The summed E-state index contributed by atoms with van der Waals surface area (Å²) in [4.78, 5) is 11.2. The summed E-state index contributed by atoms with van der Waals surface area (Å²) in [5.74, 6) is -0.334. The molecule has 4 nitrogen and oxygen atoms in total. The molecule has 0 saturated carbocycles. The molecule has 0 radical (unpaired) electrons. The van der Waals surface area contributed by atoms with Crippen LogP contribution in [-0.4, -0.2) is 31.3 Å². The normalized spacial score (nSPS) is 10.0. The fourth-order valence-corrected chi connectivity index (χ4v) is 1.24. The molecule has 0 saturated heterocycles. The second kappa shape index (κ2) is 6.16. The number of carbonyl (C=O) groups excluding carboxylic acids is 1. The van der Waals surface area contributed by atoms with Crippen LogP contribution in [0.5, 0.6) is 0 Å². The van der Waals surface area contributed by atoms with Crippen LogP contribution in [0.15, 0.2) is 24.3 Å². The van der Waals surface area contributed by atoms with Crippen molar-refractivity contribution in [3.63, 3.8) is 0 Å². The minimum absolute atomic E-state index is 0.108. The van der Waals surface area contributed by atoms with E-state index in [-0.39, 0.29) is 12.6 Å². The molecule has 0 aromatic heterocycles. The van der Waals surface area contributed by atoms with Gasteiger partial charge in [0.15, 0.2) is 0 Å². The quantitative estimate of drug-likeness (QED) is 0.549. The van der Waals surface area contributed by atoms with E-state index in [4.69, 9.17) is 5.11 Å².